The van der Waals surface area contributed by atoms with E-state index in [0.717, 1.165) is 26.8 Å². The first-order valence-corrected chi connectivity index (χ1v) is 12.5. The molecule has 0 amide bonds. The molecular formula is C29H23NO5S. The normalized spacial score (nSPS) is 11.9. The molecule has 1 aromatic heterocycles. The van der Waals surface area contributed by atoms with Gasteiger partial charge >= 0.3 is 5.97 Å². The predicted molar refractivity (Wildman–Crippen MR) is 139 cm³/mol. The van der Waals surface area contributed by atoms with E-state index in [4.69, 9.17) is 4.74 Å². The van der Waals surface area contributed by atoms with Gasteiger partial charge in [0.15, 0.2) is 18.2 Å². The van der Waals surface area contributed by atoms with Crippen LogP contribution < -0.4 is 0 Å². The van der Waals surface area contributed by atoms with Crippen molar-refractivity contribution in [1.29, 1.82) is 0 Å². The third kappa shape index (κ3) is 3.95. The minimum Gasteiger partial charge on any atom is -0.457 e. The van der Waals surface area contributed by atoms with Crippen LogP contribution in [0.5, 0.6) is 0 Å². The number of aromatic amines is 1. The van der Waals surface area contributed by atoms with Crippen LogP contribution in [0.4, 0.5) is 0 Å². The third-order valence-corrected chi connectivity index (χ3v) is 7.53. The summed E-state index contributed by atoms with van der Waals surface area (Å²) in [4.78, 5) is 53.7. The predicted octanol–water partition coefficient (Wildman–Crippen LogP) is 5.72. The molecule has 1 aliphatic carbocycles. The van der Waals surface area contributed by atoms with E-state index in [1.54, 1.807) is 13.8 Å². The van der Waals surface area contributed by atoms with Gasteiger partial charge in [-0.15, -0.1) is 11.8 Å². The topological polar surface area (TPSA) is 93.3 Å². The number of aromatic nitrogens is 1. The number of hydrogen-bond donors (Lipinski definition) is 1. The number of H-pyrrole nitrogens is 1. The Labute approximate surface area is 212 Å². The highest BCUT2D eigenvalue weighted by atomic mass is 32.2. The Morgan fingerprint density at radius 2 is 1.61 bits per heavy atom. The zero-order valence-electron chi connectivity index (χ0n) is 20.1. The Morgan fingerprint density at radius 1 is 0.889 bits per heavy atom. The number of Topliss-reactive ketones (excluding diaryl/α,β-unsaturated/α-hetero) is 2. The summed E-state index contributed by atoms with van der Waals surface area (Å²) in [6, 6.07) is 17.1. The first-order chi connectivity index (χ1) is 17.3. The lowest BCUT2D eigenvalue weighted by atomic mass is 9.83. The van der Waals surface area contributed by atoms with Crippen LogP contribution in [-0.4, -0.2) is 40.7 Å². The third-order valence-electron chi connectivity index (χ3n) is 6.49. The number of carbonyl (C=O) groups is 4. The van der Waals surface area contributed by atoms with E-state index in [0.29, 0.717) is 27.9 Å². The number of carbonyl (C=O) groups excluding carboxylic acids is 4. The smallest absolute Gasteiger partial charge is 0.316 e. The maximum atomic E-state index is 13.1. The van der Waals surface area contributed by atoms with Gasteiger partial charge in [0.1, 0.15) is 0 Å². The van der Waals surface area contributed by atoms with Crippen LogP contribution in [0, 0.1) is 13.8 Å². The molecule has 180 valence electrons. The second kappa shape index (κ2) is 9.24. The van der Waals surface area contributed by atoms with Gasteiger partial charge < -0.3 is 9.72 Å². The molecule has 0 bridgehead atoms. The number of nitrogens with one attached hydrogen (secondary N) is 1. The lowest BCUT2D eigenvalue weighted by molar-refractivity contribution is -0.139. The number of benzene rings is 3. The van der Waals surface area contributed by atoms with E-state index < -0.39 is 12.6 Å². The van der Waals surface area contributed by atoms with Gasteiger partial charge in [-0.2, -0.15) is 0 Å². The molecule has 0 fully saturated rings. The van der Waals surface area contributed by atoms with Crippen LogP contribution >= 0.6 is 11.8 Å². The van der Waals surface area contributed by atoms with Crippen LogP contribution in [0.25, 0.3) is 21.9 Å². The summed E-state index contributed by atoms with van der Waals surface area (Å²) in [6.07, 6.45) is 0. The Morgan fingerprint density at radius 3 is 2.33 bits per heavy atom. The number of rotatable bonds is 7. The molecule has 7 heteroatoms. The summed E-state index contributed by atoms with van der Waals surface area (Å²) in [6.45, 7) is 4.47. The fourth-order valence-corrected chi connectivity index (χ4v) is 5.78. The van der Waals surface area contributed by atoms with Crippen molar-refractivity contribution in [3.63, 3.8) is 0 Å². The van der Waals surface area contributed by atoms with Crippen LogP contribution in [0.15, 0.2) is 59.5 Å². The lowest BCUT2D eigenvalue weighted by Crippen LogP contribution is -2.16. The van der Waals surface area contributed by atoms with Gasteiger partial charge in [0.25, 0.3) is 0 Å². The van der Waals surface area contributed by atoms with E-state index in [2.05, 4.69) is 4.98 Å². The number of ether oxygens (including phenoxy) is 1. The van der Waals surface area contributed by atoms with Crippen LogP contribution in [0.2, 0.25) is 0 Å². The van der Waals surface area contributed by atoms with Gasteiger partial charge in [-0.25, -0.2) is 0 Å². The van der Waals surface area contributed by atoms with E-state index in [9.17, 15) is 19.2 Å². The lowest BCUT2D eigenvalue weighted by Gasteiger charge is -2.21. The maximum absolute atomic E-state index is 13.1. The molecule has 0 saturated carbocycles. The number of esters is 1. The van der Waals surface area contributed by atoms with Crippen molar-refractivity contribution in [1.82, 2.24) is 4.98 Å². The highest BCUT2D eigenvalue weighted by molar-refractivity contribution is 8.00. The zero-order valence-corrected chi connectivity index (χ0v) is 20.9. The average molecular weight is 498 g/mol. The molecule has 0 aliphatic heterocycles. The molecule has 0 atom stereocenters. The van der Waals surface area contributed by atoms with Crippen molar-refractivity contribution in [2.45, 2.75) is 25.7 Å². The summed E-state index contributed by atoms with van der Waals surface area (Å²) in [5, 5.41) is 1.78. The minimum absolute atomic E-state index is 0.00782. The summed E-state index contributed by atoms with van der Waals surface area (Å²) in [7, 11) is 0. The van der Waals surface area contributed by atoms with E-state index >= 15 is 0 Å². The molecule has 0 radical (unpaired) electrons. The Hall–Kier alpha value is -3.97. The largest absolute Gasteiger partial charge is 0.457 e. The maximum Gasteiger partial charge on any atom is 0.316 e. The molecule has 3 aromatic carbocycles. The second-order valence-electron chi connectivity index (χ2n) is 8.77. The van der Waals surface area contributed by atoms with E-state index in [1.165, 1.54) is 18.7 Å². The van der Waals surface area contributed by atoms with Gasteiger partial charge in [-0.1, -0.05) is 48.5 Å². The first kappa shape index (κ1) is 23.8. The highest BCUT2D eigenvalue weighted by Gasteiger charge is 2.26. The van der Waals surface area contributed by atoms with Crippen LogP contribution in [0.1, 0.15) is 54.9 Å². The molecule has 0 spiro atoms. The summed E-state index contributed by atoms with van der Waals surface area (Å²) in [5.74, 6) is -1.03. The molecule has 0 saturated heterocycles. The van der Waals surface area contributed by atoms with Gasteiger partial charge in [0.05, 0.1) is 11.4 Å². The SMILES string of the molecule is CC(=O)c1c(C)[nH]c(C(=O)COC(=O)CSc2ccc3c4c(cccc24)C(=O)c2ccccc2-3)c1C. The summed E-state index contributed by atoms with van der Waals surface area (Å²) < 4.78 is 5.23. The van der Waals surface area contributed by atoms with E-state index in [1.807, 2.05) is 54.6 Å². The van der Waals surface area contributed by atoms with Crippen molar-refractivity contribution in [3.8, 4) is 11.1 Å². The zero-order chi connectivity index (χ0) is 25.6. The number of thioether (sulfide) groups is 1. The molecule has 5 rings (SSSR count). The fourth-order valence-electron chi connectivity index (χ4n) is 4.93. The molecule has 1 N–H and O–H groups in total. The van der Waals surface area contributed by atoms with E-state index in [-0.39, 0.29) is 28.8 Å². The van der Waals surface area contributed by atoms with Crippen molar-refractivity contribution in [3.05, 3.63) is 88.2 Å². The molecule has 1 heterocycles. The van der Waals surface area contributed by atoms with Gasteiger partial charge in [0.2, 0.25) is 5.78 Å². The fraction of sp³-hybridized carbons (Fsp3) is 0.172. The van der Waals surface area contributed by atoms with Gasteiger partial charge in [-0.3, -0.25) is 19.2 Å². The number of ketones is 3. The average Bonchev–Trinajstić information content (AvgIpc) is 3.18. The molecule has 0 unspecified atom stereocenters. The number of fused-ring (bicyclic) bond motifs is 2. The first-order valence-electron chi connectivity index (χ1n) is 11.5. The molecule has 6 nitrogen and oxygen atoms in total. The minimum atomic E-state index is -0.525. The molecule has 1 aliphatic rings. The number of aryl methyl sites for hydroxylation is 1. The standard InChI is InChI=1S/C29H23NO5S/c1-15-26(17(3)31)16(2)30-28(15)23(32)13-35-25(33)14-36-24-12-11-19-18-7-4-5-8-20(18)29(34)22-10-6-9-21(24)27(19)22/h4-12,30H,13-14H2,1-3H3. The molecule has 4 aromatic rings. The summed E-state index contributed by atoms with van der Waals surface area (Å²) in [5.41, 5.74) is 5.20. The molecule has 36 heavy (non-hydrogen) atoms. The monoisotopic (exact) mass is 497 g/mol. The summed E-state index contributed by atoms with van der Waals surface area (Å²) >= 11 is 1.30. The van der Waals surface area contributed by atoms with Gasteiger partial charge in [0, 0.05) is 32.7 Å². The van der Waals surface area contributed by atoms with Crippen LogP contribution in [-0.2, 0) is 9.53 Å². The Kier molecular flexibility index (Phi) is 6.10. The van der Waals surface area contributed by atoms with Crippen molar-refractivity contribution in [2.75, 3.05) is 12.4 Å². The molecular weight excluding hydrogens is 474 g/mol. The van der Waals surface area contributed by atoms with Crippen molar-refractivity contribution >= 4 is 45.9 Å². The highest BCUT2D eigenvalue weighted by Crippen LogP contribution is 2.42. The quantitative estimate of drug-likeness (QED) is 0.176. The van der Waals surface area contributed by atoms with Crippen LogP contribution in [0.3, 0.4) is 0 Å². The number of hydrogen-bond acceptors (Lipinski definition) is 6. The van der Waals surface area contributed by atoms with Crippen molar-refractivity contribution in [2.24, 2.45) is 0 Å². The Balaban J connectivity index is 1.31. The Bertz CT molecular complexity index is 1600. The van der Waals surface area contributed by atoms with Gasteiger partial charge in [-0.05, 0) is 48.9 Å². The van der Waals surface area contributed by atoms with Crippen molar-refractivity contribution < 1.29 is 23.9 Å². The second-order valence-corrected chi connectivity index (χ2v) is 9.78.